The highest BCUT2D eigenvalue weighted by atomic mass is 16.5. The van der Waals surface area contributed by atoms with Crippen molar-refractivity contribution in [2.45, 2.75) is 52.5 Å². The van der Waals surface area contributed by atoms with Crippen molar-refractivity contribution >= 4 is 5.95 Å². The number of aromatic amines is 1. The summed E-state index contributed by atoms with van der Waals surface area (Å²) in [5.41, 5.74) is 4.35. The lowest BCUT2D eigenvalue weighted by Gasteiger charge is -2.36. The van der Waals surface area contributed by atoms with E-state index in [1.807, 2.05) is 0 Å². The summed E-state index contributed by atoms with van der Waals surface area (Å²) in [6.07, 6.45) is 1.01. The van der Waals surface area contributed by atoms with Crippen LogP contribution in [0.1, 0.15) is 36.2 Å². The maximum atomic E-state index is 12.6. The molecular formula is C21H28N4O2. The quantitative estimate of drug-likeness (QED) is 0.900. The summed E-state index contributed by atoms with van der Waals surface area (Å²) in [5, 5.41) is 0. The molecule has 1 aromatic carbocycles. The highest BCUT2D eigenvalue weighted by Crippen LogP contribution is 2.21. The van der Waals surface area contributed by atoms with Crippen molar-refractivity contribution in [1.82, 2.24) is 14.9 Å². The molecule has 2 atom stereocenters. The third-order valence-electron chi connectivity index (χ3n) is 5.35. The summed E-state index contributed by atoms with van der Waals surface area (Å²) < 4.78 is 5.80. The van der Waals surface area contributed by atoms with Crippen molar-refractivity contribution < 1.29 is 4.74 Å². The second kappa shape index (κ2) is 7.44. The van der Waals surface area contributed by atoms with Gasteiger partial charge in [0, 0.05) is 38.3 Å². The van der Waals surface area contributed by atoms with Crippen molar-refractivity contribution in [1.29, 1.82) is 0 Å². The lowest BCUT2D eigenvalue weighted by Crippen LogP contribution is -2.47. The van der Waals surface area contributed by atoms with E-state index in [4.69, 9.17) is 9.72 Å². The zero-order valence-electron chi connectivity index (χ0n) is 16.4. The Labute approximate surface area is 160 Å². The molecular weight excluding hydrogens is 340 g/mol. The highest BCUT2D eigenvalue weighted by Gasteiger charge is 2.26. The van der Waals surface area contributed by atoms with E-state index < -0.39 is 0 Å². The number of H-pyrrole nitrogens is 1. The lowest BCUT2D eigenvalue weighted by atomic mass is 10.1. The topological polar surface area (TPSA) is 61.5 Å². The first-order chi connectivity index (χ1) is 13.0. The van der Waals surface area contributed by atoms with Crippen molar-refractivity contribution in [2.75, 3.05) is 24.5 Å². The maximum Gasteiger partial charge on any atom is 0.255 e. The van der Waals surface area contributed by atoms with E-state index in [1.165, 1.54) is 11.1 Å². The van der Waals surface area contributed by atoms with E-state index in [9.17, 15) is 4.79 Å². The van der Waals surface area contributed by atoms with Crippen molar-refractivity contribution in [3.8, 4) is 0 Å². The van der Waals surface area contributed by atoms with E-state index in [0.717, 1.165) is 50.4 Å². The van der Waals surface area contributed by atoms with E-state index in [2.05, 4.69) is 59.8 Å². The van der Waals surface area contributed by atoms with E-state index >= 15 is 0 Å². The van der Waals surface area contributed by atoms with Gasteiger partial charge in [-0.25, -0.2) is 4.98 Å². The molecule has 2 aliphatic rings. The van der Waals surface area contributed by atoms with Crippen LogP contribution in [-0.4, -0.2) is 46.7 Å². The number of benzene rings is 1. The smallest absolute Gasteiger partial charge is 0.255 e. The second-order valence-corrected chi connectivity index (χ2v) is 7.93. The fourth-order valence-electron chi connectivity index (χ4n) is 4.18. The number of rotatable bonds is 3. The molecule has 0 radical (unpaired) electrons. The largest absolute Gasteiger partial charge is 0.372 e. The summed E-state index contributed by atoms with van der Waals surface area (Å²) >= 11 is 0. The van der Waals surface area contributed by atoms with Gasteiger partial charge in [-0.15, -0.1) is 0 Å². The Morgan fingerprint density at radius 2 is 2.04 bits per heavy atom. The second-order valence-electron chi connectivity index (χ2n) is 7.93. The normalized spacial score (nSPS) is 23.3. The number of morpholine rings is 1. The molecule has 3 heterocycles. The summed E-state index contributed by atoms with van der Waals surface area (Å²) in [6, 6.07) is 8.61. The van der Waals surface area contributed by atoms with Crippen molar-refractivity contribution in [2.24, 2.45) is 0 Å². The molecule has 0 spiro atoms. The zero-order chi connectivity index (χ0) is 19.0. The van der Waals surface area contributed by atoms with Gasteiger partial charge in [0.15, 0.2) is 0 Å². The number of fused-ring (bicyclic) bond motifs is 1. The van der Waals surface area contributed by atoms with E-state index in [0.29, 0.717) is 5.95 Å². The standard InChI is InChI=1S/C21H28N4O2/c1-14-5-4-6-17(9-14)12-24-8-7-18-19(13-24)22-21(23-20(18)26)25-10-15(2)27-16(3)11-25/h4-6,9,15-16H,7-8,10-13H2,1-3H3,(H,22,23,26). The Morgan fingerprint density at radius 1 is 1.26 bits per heavy atom. The molecule has 1 N–H and O–H groups in total. The first-order valence-electron chi connectivity index (χ1n) is 9.78. The van der Waals surface area contributed by atoms with Gasteiger partial charge >= 0.3 is 0 Å². The third-order valence-corrected chi connectivity index (χ3v) is 5.35. The average molecular weight is 368 g/mol. The predicted molar refractivity (Wildman–Crippen MR) is 106 cm³/mol. The molecule has 2 unspecified atom stereocenters. The van der Waals surface area contributed by atoms with Crippen LogP contribution >= 0.6 is 0 Å². The van der Waals surface area contributed by atoms with Gasteiger partial charge in [0.05, 0.1) is 17.9 Å². The van der Waals surface area contributed by atoms with Crippen LogP contribution in [0.4, 0.5) is 5.95 Å². The van der Waals surface area contributed by atoms with Gasteiger partial charge < -0.3 is 9.64 Å². The van der Waals surface area contributed by atoms with Crippen molar-refractivity contribution in [3.05, 3.63) is 57.0 Å². The number of hydrogen-bond acceptors (Lipinski definition) is 5. The van der Waals surface area contributed by atoms with Gasteiger partial charge in [-0.1, -0.05) is 29.8 Å². The van der Waals surface area contributed by atoms with Crippen LogP contribution in [0.15, 0.2) is 29.1 Å². The fourth-order valence-corrected chi connectivity index (χ4v) is 4.18. The Balaban J connectivity index is 1.55. The summed E-state index contributed by atoms with van der Waals surface area (Å²) in [7, 11) is 0. The number of aryl methyl sites for hydroxylation is 1. The fraction of sp³-hybridized carbons (Fsp3) is 0.524. The Hall–Kier alpha value is -2.18. The van der Waals surface area contributed by atoms with Gasteiger partial charge in [0.25, 0.3) is 5.56 Å². The van der Waals surface area contributed by atoms with Crippen LogP contribution in [0.5, 0.6) is 0 Å². The molecule has 27 heavy (non-hydrogen) atoms. The van der Waals surface area contributed by atoms with Crippen LogP contribution in [-0.2, 0) is 24.2 Å². The molecule has 0 saturated carbocycles. The monoisotopic (exact) mass is 368 g/mol. The zero-order valence-corrected chi connectivity index (χ0v) is 16.4. The molecule has 0 aliphatic carbocycles. The van der Waals surface area contributed by atoms with Gasteiger partial charge in [0.2, 0.25) is 5.95 Å². The number of nitrogens with zero attached hydrogens (tertiary/aromatic N) is 3. The molecule has 2 aliphatic heterocycles. The molecule has 6 heteroatoms. The first-order valence-corrected chi connectivity index (χ1v) is 9.78. The minimum atomic E-state index is 0.0111. The van der Waals surface area contributed by atoms with Crippen LogP contribution < -0.4 is 10.5 Å². The van der Waals surface area contributed by atoms with Crippen LogP contribution in [0.25, 0.3) is 0 Å². The molecule has 6 nitrogen and oxygen atoms in total. The summed E-state index contributed by atoms with van der Waals surface area (Å²) in [5.74, 6) is 0.679. The highest BCUT2D eigenvalue weighted by molar-refractivity contribution is 5.35. The van der Waals surface area contributed by atoms with Crippen LogP contribution in [0.3, 0.4) is 0 Å². The van der Waals surface area contributed by atoms with E-state index in [-0.39, 0.29) is 17.8 Å². The molecule has 0 bridgehead atoms. The molecule has 144 valence electrons. The predicted octanol–water partition coefficient (Wildman–Crippen LogP) is 2.25. The summed E-state index contributed by atoms with van der Waals surface area (Å²) in [6.45, 7) is 10.2. The molecule has 1 saturated heterocycles. The van der Waals surface area contributed by atoms with Crippen LogP contribution in [0, 0.1) is 6.92 Å². The number of ether oxygens (including phenoxy) is 1. The van der Waals surface area contributed by atoms with Gasteiger partial charge in [-0.3, -0.25) is 14.7 Å². The van der Waals surface area contributed by atoms with Gasteiger partial charge in [-0.2, -0.15) is 0 Å². The third kappa shape index (κ3) is 4.06. The minimum Gasteiger partial charge on any atom is -0.372 e. The Bertz CT molecular complexity index is 869. The molecule has 4 rings (SSSR count). The maximum absolute atomic E-state index is 12.6. The molecule has 2 aromatic rings. The summed E-state index contributed by atoms with van der Waals surface area (Å²) in [4.78, 5) is 25.0. The number of hydrogen-bond donors (Lipinski definition) is 1. The van der Waals surface area contributed by atoms with Gasteiger partial charge in [-0.05, 0) is 32.8 Å². The van der Waals surface area contributed by atoms with E-state index in [1.54, 1.807) is 0 Å². The Kier molecular flexibility index (Phi) is 5.02. The van der Waals surface area contributed by atoms with Gasteiger partial charge in [0.1, 0.15) is 0 Å². The Morgan fingerprint density at radius 3 is 2.78 bits per heavy atom. The number of anilines is 1. The number of nitrogens with one attached hydrogen (secondary N) is 1. The molecule has 1 fully saturated rings. The first kappa shape index (κ1) is 18.2. The molecule has 0 amide bonds. The molecule has 1 aromatic heterocycles. The van der Waals surface area contributed by atoms with Crippen molar-refractivity contribution in [3.63, 3.8) is 0 Å². The SMILES string of the molecule is Cc1cccc(CN2CCc3c(nc(N4CC(C)OC(C)C4)[nH]c3=O)C2)c1. The lowest BCUT2D eigenvalue weighted by molar-refractivity contribution is -0.00576. The number of aromatic nitrogens is 2. The van der Waals surface area contributed by atoms with Crippen LogP contribution in [0.2, 0.25) is 0 Å². The average Bonchev–Trinajstić information content (AvgIpc) is 2.60. The minimum absolute atomic E-state index is 0.0111.